The fraction of sp³-hybridized carbons (Fsp3) is 0.278. The molecule has 0 heterocycles. The summed E-state index contributed by atoms with van der Waals surface area (Å²) in [6.45, 7) is 1.88. The number of hydrogen-bond acceptors (Lipinski definition) is 2. The normalized spacial score (nSPS) is 12.7. The SMILES string of the molecule is Cc1c(Br)cccc1Oc1ccc(C[C@H](CC(=O)O)C(F)(F)F)cc1. The van der Waals surface area contributed by atoms with Crippen molar-refractivity contribution in [2.75, 3.05) is 0 Å². The predicted octanol–water partition coefficient (Wildman–Crippen LogP) is 5.75. The van der Waals surface area contributed by atoms with E-state index in [4.69, 9.17) is 9.84 Å². The van der Waals surface area contributed by atoms with Gasteiger partial charge in [0.05, 0.1) is 12.3 Å². The van der Waals surface area contributed by atoms with Gasteiger partial charge in [-0.15, -0.1) is 0 Å². The summed E-state index contributed by atoms with van der Waals surface area (Å²) in [4.78, 5) is 10.6. The number of carbonyl (C=O) groups is 1. The third-order valence-electron chi connectivity index (χ3n) is 3.74. The minimum absolute atomic E-state index is 0.383. The Balaban J connectivity index is 2.11. The Morgan fingerprint density at radius 3 is 2.40 bits per heavy atom. The monoisotopic (exact) mass is 416 g/mol. The molecule has 25 heavy (non-hydrogen) atoms. The lowest BCUT2D eigenvalue weighted by Crippen LogP contribution is -2.27. The van der Waals surface area contributed by atoms with Crippen molar-refractivity contribution >= 4 is 21.9 Å². The third kappa shape index (κ3) is 5.49. The molecular formula is C18H16BrF3O3. The van der Waals surface area contributed by atoms with Gasteiger partial charge in [0.25, 0.3) is 0 Å². The molecule has 7 heteroatoms. The van der Waals surface area contributed by atoms with Crippen LogP contribution in [0, 0.1) is 12.8 Å². The van der Waals surface area contributed by atoms with Gasteiger partial charge in [0, 0.05) is 10.0 Å². The topological polar surface area (TPSA) is 46.5 Å². The van der Waals surface area contributed by atoms with E-state index in [2.05, 4.69) is 15.9 Å². The number of aliphatic carboxylic acids is 1. The van der Waals surface area contributed by atoms with Crippen LogP contribution < -0.4 is 4.74 Å². The summed E-state index contributed by atoms with van der Waals surface area (Å²) in [5.41, 5.74) is 1.31. The van der Waals surface area contributed by atoms with Crippen LogP contribution in [-0.4, -0.2) is 17.3 Å². The van der Waals surface area contributed by atoms with Gasteiger partial charge in [-0.1, -0.05) is 34.1 Å². The Morgan fingerprint density at radius 1 is 1.20 bits per heavy atom. The van der Waals surface area contributed by atoms with Gasteiger partial charge in [-0.25, -0.2) is 0 Å². The Kier molecular flexibility index (Phi) is 6.11. The molecule has 0 fully saturated rings. The van der Waals surface area contributed by atoms with E-state index in [-0.39, 0.29) is 6.42 Å². The first-order chi connectivity index (χ1) is 11.7. The van der Waals surface area contributed by atoms with Crippen LogP contribution in [0.2, 0.25) is 0 Å². The van der Waals surface area contributed by atoms with Crippen molar-refractivity contribution in [1.82, 2.24) is 0 Å². The van der Waals surface area contributed by atoms with Crippen molar-refractivity contribution in [1.29, 1.82) is 0 Å². The fourth-order valence-corrected chi connectivity index (χ4v) is 2.67. The second-order valence-electron chi connectivity index (χ2n) is 5.65. The van der Waals surface area contributed by atoms with Gasteiger partial charge in [0.15, 0.2) is 0 Å². The number of carboxylic acid groups (broad SMARTS) is 1. The summed E-state index contributed by atoms with van der Waals surface area (Å²) in [6, 6.07) is 11.7. The van der Waals surface area contributed by atoms with E-state index in [9.17, 15) is 18.0 Å². The summed E-state index contributed by atoms with van der Waals surface area (Å²) in [6.07, 6.45) is -5.88. The van der Waals surface area contributed by atoms with Crippen molar-refractivity contribution < 1.29 is 27.8 Å². The predicted molar refractivity (Wildman–Crippen MR) is 90.9 cm³/mol. The van der Waals surface area contributed by atoms with Crippen LogP contribution in [0.15, 0.2) is 46.9 Å². The number of halogens is 4. The number of alkyl halides is 3. The van der Waals surface area contributed by atoms with Gasteiger partial charge >= 0.3 is 12.1 Å². The molecule has 1 N–H and O–H groups in total. The molecule has 1 atom stereocenters. The zero-order chi connectivity index (χ0) is 18.6. The molecule has 3 nitrogen and oxygen atoms in total. The average molecular weight is 417 g/mol. The Bertz CT molecular complexity index is 742. The maximum absolute atomic E-state index is 12.9. The van der Waals surface area contributed by atoms with Crippen LogP contribution in [0.5, 0.6) is 11.5 Å². The van der Waals surface area contributed by atoms with Gasteiger partial charge in [-0.3, -0.25) is 4.79 Å². The second kappa shape index (κ2) is 7.91. The minimum atomic E-state index is -4.55. The van der Waals surface area contributed by atoms with Gasteiger partial charge < -0.3 is 9.84 Å². The molecule has 134 valence electrons. The quantitative estimate of drug-likeness (QED) is 0.652. The molecule has 0 radical (unpaired) electrons. The van der Waals surface area contributed by atoms with E-state index in [0.29, 0.717) is 17.1 Å². The van der Waals surface area contributed by atoms with Crippen LogP contribution in [0.4, 0.5) is 13.2 Å². The lowest BCUT2D eigenvalue weighted by Gasteiger charge is -2.18. The average Bonchev–Trinajstić information content (AvgIpc) is 2.51. The molecule has 0 aliphatic carbocycles. The molecule has 0 amide bonds. The number of ether oxygens (including phenoxy) is 1. The van der Waals surface area contributed by atoms with Gasteiger partial charge in [0.1, 0.15) is 11.5 Å². The number of carboxylic acids is 1. The lowest BCUT2D eigenvalue weighted by atomic mass is 9.95. The van der Waals surface area contributed by atoms with Crippen molar-refractivity contribution in [3.8, 4) is 11.5 Å². The Labute approximate surface area is 151 Å². The lowest BCUT2D eigenvalue weighted by molar-refractivity contribution is -0.182. The van der Waals surface area contributed by atoms with Crippen LogP contribution >= 0.6 is 15.9 Å². The van der Waals surface area contributed by atoms with Crippen molar-refractivity contribution in [3.63, 3.8) is 0 Å². The molecule has 0 saturated carbocycles. The molecule has 0 saturated heterocycles. The van der Waals surface area contributed by atoms with E-state index in [1.54, 1.807) is 18.2 Å². The smallest absolute Gasteiger partial charge is 0.392 e. The highest BCUT2D eigenvalue weighted by Gasteiger charge is 2.40. The second-order valence-corrected chi connectivity index (χ2v) is 6.50. The van der Waals surface area contributed by atoms with Gasteiger partial charge in [-0.05, 0) is 43.2 Å². The van der Waals surface area contributed by atoms with Crippen molar-refractivity contribution in [2.24, 2.45) is 5.92 Å². The molecule has 2 aromatic rings. The standard InChI is InChI=1S/C18H16BrF3O3/c1-11-15(19)3-2-4-16(11)25-14-7-5-12(6-8-14)9-13(10-17(23)24)18(20,21)22/h2-8,13H,9-10H2,1H3,(H,23,24)/t13-/m1/s1. The highest BCUT2D eigenvalue weighted by Crippen LogP contribution is 2.33. The zero-order valence-corrected chi connectivity index (χ0v) is 14.9. The molecule has 0 unspecified atom stereocenters. The van der Waals surface area contributed by atoms with Crippen molar-refractivity contribution in [3.05, 3.63) is 58.1 Å². The molecule has 0 aromatic heterocycles. The summed E-state index contributed by atoms with van der Waals surface area (Å²) in [5, 5.41) is 8.66. The summed E-state index contributed by atoms with van der Waals surface area (Å²) in [5.74, 6) is -2.25. The molecule has 0 bridgehead atoms. The first kappa shape index (κ1) is 19.3. The molecular weight excluding hydrogens is 401 g/mol. The Hall–Kier alpha value is -2.02. The first-order valence-corrected chi connectivity index (χ1v) is 8.26. The van der Waals surface area contributed by atoms with Crippen LogP contribution in [0.25, 0.3) is 0 Å². The van der Waals surface area contributed by atoms with E-state index in [0.717, 1.165) is 10.0 Å². The molecule has 0 aliphatic heterocycles. The molecule has 0 spiro atoms. The maximum atomic E-state index is 12.9. The number of benzene rings is 2. The number of rotatable bonds is 6. The van der Waals surface area contributed by atoms with E-state index in [1.165, 1.54) is 12.1 Å². The molecule has 2 rings (SSSR count). The highest BCUT2D eigenvalue weighted by molar-refractivity contribution is 9.10. The summed E-state index contributed by atoms with van der Waals surface area (Å²) in [7, 11) is 0. The van der Waals surface area contributed by atoms with Gasteiger partial charge in [0.2, 0.25) is 0 Å². The maximum Gasteiger partial charge on any atom is 0.392 e. The van der Waals surface area contributed by atoms with Crippen LogP contribution in [0.1, 0.15) is 17.5 Å². The molecule has 0 aliphatic rings. The highest BCUT2D eigenvalue weighted by atomic mass is 79.9. The van der Waals surface area contributed by atoms with E-state index < -0.39 is 24.5 Å². The van der Waals surface area contributed by atoms with E-state index >= 15 is 0 Å². The van der Waals surface area contributed by atoms with E-state index in [1.807, 2.05) is 19.1 Å². The number of hydrogen-bond donors (Lipinski definition) is 1. The van der Waals surface area contributed by atoms with Gasteiger partial charge in [-0.2, -0.15) is 13.2 Å². The first-order valence-electron chi connectivity index (χ1n) is 7.47. The Morgan fingerprint density at radius 2 is 1.84 bits per heavy atom. The van der Waals surface area contributed by atoms with Crippen molar-refractivity contribution in [2.45, 2.75) is 25.9 Å². The summed E-state index contributed by atoms with van der Waals surface area (Å²) >= 11 is 3.40. The fourth-order valence-electron chi connectivity index (χ4n) is 2.32. The van der Waals surface area contributed by atoms with Crippen LogP contribution in [0.3, 0.4) is 0 Å². The molecule has 2 aromatic carbocycles. The minimum Gasteiger partial charge on any atom is -0.481 e. The zero-order valence-electron chi connectivity index (χ0n) is 13.3. The van der Waals surface area contributed by atoms with Crippen LogP contribution in [-0.2, 0) is 11.2 Å². The third-order valence-corrected chi connectivity index (χ3v) is 4.59. The summed E-state index contributed by atoms with van der Waals surface area (Å²) < 4.78 is 45.4. The largest absolute Gasteiger partial charge is 0.481 e.